The first-order valence-corrected chi connectivity index (χ1v) is 13.3. The molecule has 0 spiro atoms. The van der Waals surface area contributed by atoms with Gasteiger partial charge in [-0.15, -0.1) is 0 Å². The number of rotatable bonds is 9. The second kappa shape index (κ2) is 10.8. The molecule has 3 aromatic rings. The molecule has 1 saturated heterocycles. The minimum atomic E-state index is -4.01. The first-order valence-electron chi connectivity index (χ1n) is 10.9. The summed E-state index contributed by atoms with van der Waals surface area (Å²) in [5.74, 6) is -2.30. The summed E-state index contributed by atoms with van der Waals surface area (Å²) in [7, 11) is -4.01. The Balaban J connectivity index is 1.45. The molecule has 2 unspecified atom stereocenters. The minimum Gasteiger partial charge on any atom is -0.479 e. The Morgan fingerprint density at radius 3 is 2.30 bits per heavy atom. The number of carboxylic acid groups (broad SMARTS) is 1. The number of amides is 3. The summed E-state index contributed by atoms with van der Waals surface area (Å²) in [6, 6.07) is 18.5. The lowest BCUT2D eigenvalue weighted by Gasteiger charge is -2.15. The molecule has 37 heavy (non-hydrogen) atoms. The lowest BCUT2D eigenvalue weighted by Crippen LogP contribution is -2.33. The molecular formula is C25H21N3O7S2. The van der Waals surface area contributed by atoms with E-state index in [2.05, 4.69) is 15.4 Å². The number of sulfonamides is 1. The van der Waals surface area contributed by atoms with Crippen molar-refractivity contribution in [1.29, 1.82) is 0 Å². The summed E-state index contributed by atoms with van der Waals surface area (Å²) in [4.78, 5) is 47.4. The molecule has 1 aliphatic rings. The van der Waals surface area contributed by atoms with E-state index >= 15 is 0 Å². The van der Waals surface area contributed by atoms with E-state index in [-0.39, 0.29) is 28.5 Å². The Labute approximate surface area is 216 Å². The number of anilines is 1. The molecule has 190 valence electrons. The van der Waals surface area contributed by atoms with Gasteiger partial charge in [0.2, 0.25) is 5.91 Å². The normalized spacial score (nSPS) is 16.1. The van der Waals surface area contributed by atoms with E-state index in [1.54, 1.807) is 42.5 Å². The molecule has 0 aliphatic carbocycles. The van der Waals surface area contributed by atoms with E-state index in [1.807, 2.05) is 0 Å². The maximum absolute atomic E-state index is 12.9. The van der Waals surface area contributed by atoms with Gasteiger partial charge in [0.25, 0.3) is 21.2 Å². The molecule has 3 aromatic carbocycles. The van der Waals surface area contributed by atoms with E-state index in [9.17, 15) is 32.7 Å². The molecule has 4 N–H and O–H groups in total. The van der Waals surface area contributed by atoms with E-state index < -0.39 is 38.4 Å². The lowest BCUT2D eigenvalue weighted by atomic mass is 10.1. The van der Waals surface area contributed by atoms with Crippen LogP contribution in [0.25, 0.3) is 0 Å². The van der Waals surface area contributed by atoms with Crippen molar-refractivity contribution in [3.63, 3.8) is 0 Å². The Morgan fingerprint density at radius 1 is 0.973 bits per heavy atom. The fourth-order valence-electron chi connectivity index (χ4n) is 3.63. The zero-order chi connectivity index (χ0) is 26.6. The van der Waals surface area contributed by atoms with Gasteiger partial charge in [-0.1, -0.05) is 60.3 Å². The molecule has 1 heterocycles. The fourth-order valence-corrected chi connectivity index (χ4v) is 5.54. The molecule has 1 aliphatic heterocycles. The van der Waals surface area contributed by atoms with Gasteiger partial charge in [-0.25, -0.2) is 13.2 Å². The predicted octanol–water partition coefficient (Wildman–Crippen LogP) is 2.94. The van der Waals surface area contributed by atoms with Crippen molar-refractivity contribution in [2.24, 2.45) is 0 Å². The number of carboxylic acids is 1. The van der Waals surface area contributed by atoms with Crippen LogP contribution in [0, 0.1) is 0 Å². The standard InChI is InChI=1S/C25H21N3O7S2/c29-22(26-21(24(31)32)16-5-2-1-3-6-16)17-7-4-8-18(14-17)28-37(34,35)19-11-9-15(10-12-19)13-20-23(30)27-25(33)36-20/h1-12,14,20-21,28H,13H2,(H,26,29)(H,31,32)(H,27,30,33). The molecule has 0 saturated carbocycles. The number of carbonyl (C=O) groups excluding carboxylic acids is 3. The van der Waals surface area contributed by atoms with Crippen molar-refractivity contribution in [2.45, 2.75) is 22.6 Å². The minimum absolute atomic E-state index is 0.0410. The number of aliphatic carboxylic acids is 1. The SMILES string of the molecule is O=C1NC(=O)C(Cc2ccc(S(=O)(=O)Nc3cccc(C(=O)NC(C(=O)O)c4ccccc4)c3)cc2)S1. The summed E-state index contributed by atoms with van der Waals surface area (Å²) in [5.41, 5.74) is 1.26. The number of thioether (sulfide) groups is 1. The first kappa shape index (κ1) is 25.9. The summed E-state index contributed by atoms with van der Waals surface area (Å²) >= 11 is 0.892. The second-order valence-corrected chi connectivity index (χ2v) is 10.9. The molecule has 12 heteroatoms. The second-order valence-electron chi connectivity index (χ2n) is 8.07. The highest BCUT2D eigenvalue weighted by atomic mass is 32.2. The average molecular weight is 540 g/mol. The summed E-state index contributed by atoms with van der Waals surface area (Å²) in [5, 5.41) is 13.2. The van der Waals surface area contributed by atoms with Crippen molar-refractivity contribution in [3.05, 3.63) is 95.6 Å². The highest BCUT2D eigenvalue weighted by Crippen LogP contribution is 2.24. The van der Waals surface area contributed by atoms with Crippen LogP contribution in [0.3, 0.4) is 0 Å². The molecule has 10 nitrogen and oxygen atoms in total. The Kier molecular flexibility index (Phi) is 7.60. The largest absolute Gasteiger partial charge is 0.479 e. The number of imide groups is 1. The molecule has 0 radical (unpaired) electrons. The zero-order valence-corrected chi connectivity index (χ0v) is 20.7. The van der Waals surface area contributed by atoms with Crippen LogP contribution in [-0.4, -0.2) is 41.8 Å². The van der Waals surface area contributed by atoms with Crippen molar-refractivity contribution in [1.82, 2.24) is 10.6 Å². The van der Waals surface area contributed by atoms with Crippen LogP contribution in [-0.2, 0) is 26.0 Å². The quantitative estimate of drug-likeness (QED) is 0.323. The van der Waals surface area contributed by atoms with E-state index in [0.29, 0.717) is 11.1 Å². The Hall–Kier alpha value is -4.16. The predicted molar refractivity (Wildman–Crippen MR) is 137 cm³/mol. The third-order valence-electron chi connectivity index (χ3n) is 5.45. The van der Waals surface area contributed by atoms with E-state index in [4.69, 9.17) is 0 Å². The first-order chi connectivity index (χ1) is 17.6. The van der Waals surface area contributed by atoms with Gasteiger partial charge in [0, 0.05) is 11.3 Å². The summed E-state index contributed by atoms with van der Waals surface area (Å²) in [6.45, 7) is 0. The van der Waals surface area contributed by atoms with Crippen molar-refractivity contribution in [3.8, 4) is 0 Å². The molecule has 3 amide bonds. The molecule has 0 bridgehead atoms. The molecular weight excluding hydrogens is 518 g/mol. The fraction of sp³-hybridized carbons (Fsp3) is 0.120. The maximum Gasteiger partial charge on any atom is 0.330 e. The lowest BCUT2D eigenvalue weighted by molar-refractivity contribution is -0.139. The smallest absolute Gasteiger partial charge is 0.330 e. The molecule has 1 fully saturated rings. The topological polar surface area (TPSA) is 159 Å². The number of carbonyl (C=O) groups is 4. The number of benzene rings is 3. The van der Waals surface area contributed by atoms with Gasteiger partial charge in [0.1, 0.15) is 0 Å². The third-order valence-corrected chi connectivity index (χ3v) is 7.83. The van der Waals surface area contributed by atoms with E-state index in [1.165, 1.54) is 36.4 Å². The highest BCUT2D eigenvalue weighted by Gasteiger charge is 2.31. The number of hydrogen-bond donors (Lipinski definition) is 4. The molecule has 4 rings (SSSR count). The van der Waals surface area contributed by atoms with E-state index in [0.717, 1.165) is 11.8 Å². The van der Waals surface area contributed by atoms with Gasteiger partial charge in [0.15, 0.2) is 6.04 Å². The van der Waals surface area contributed by atoms with Gasteiger partial charge in [-0.3, -0.25) is 24.4 Å². The third kappa shape index (κ3) is 6.35. The van der Waals surface area contributed by atoms with Crippen LogP contribution in [0.2, 0.25) is 0 Å². The van der Waals surface area contributed by atoms with Crippen LogP contribution < -0.4 is 15.4 Å². The van der Waals surface area contributed by atoms with Crippen LogP contribution in [0.15, 0.2) is 83.8 Å². The van der Waals surface area contributed by atoms with Gasteiger partial charge in [-0.05, 0) is 47.9 Å². The van der Waals surface area contributed by atoms with Gasteiger partial charge in [0.05, 0.1) is 10.1 Å². The van der Waals surface area contributed by atoms with Gasteiger partial charge < -0.3 is 10.4 Å². The Bertz CT molecular complexity index is 1460. The number of nitrogens with one attached hydrogen (secondary N) is 3. The van der Waals surface area contributed by atoms with Crippen LogP contribution >= 0.6 is 11.8 Å². The molecule has 0 aromatic heterocycles. The zero-order valence-electron chi connectivity index (χ0n) is 19.1. The number of hydrogen-bond acceptors (Lipinski definition) is 7. The molecule has 2 atom stereocenters. The average Bonchev–Trinajstić information content (AvgIpc) is 3.19. The summed E-state index contributed by atoms with van der Waals surface area (Å²) in [6.07, 6.45) is 0.271. The van der Waals surface area contributed by atoms with Crippen molar-refractivity contribution < 1.29 is 32.7 Å². The van der Waals surface area contributed by atoms with Crippen LogP contribution in [0.1, 0.15) is 27.5 Å². The summed E-state index contributed by atoms with van der Waals surface area (Å²) < 4.78 is 28.2. The Morgan fingerprint density at radius 2 is 1.68 bits per heavy atom. The maximum atomic E-state index is 12.9. The van der Waals surface area contributed by atoms with Crippen molar-refractivity contribution in [2.75, 3.05) is 4.72 Å². The monoisotopic (exact) mass is 539 g/mol. The van der Waals surface area contributed by atoms with Crippen LogP contribution in [0.4, 0.5) is 10.5 Å². The highest BCUT2D eigenvalue weighted by molar-refractivity contribution is 8.15. The van der Waals surface area contributed by atoms with Crippen LogP contribution in [0.5, 0.6) is 0 Å². The van der Waals surface area contributed by atoms with Crippen molar-refractivity contribution >= 4 is 50.5 Å². The van der Waals surface area contributed by atoms with Gasteiger partial charge in [-0.2, -0.15) is 0 Å². The van der Waals surface area contributed by atoms with Gasteiger partial charge >= 0.3 is 5.97 Å².